The van der Waals surface area contributed by atoms with E-state index in [0.29, 0.717) is 22.7 Å². The zero-order valence-electron chi connectivity index (χ0n) is 18.5. The predicted octanol–water partition coefficient (Wildman–Crippen LogP) is 4.69. The Bertz CT molecular complexity index is 1180. The van der Waals surface area contributed by atoms with Gasteiger partial charge in [-0.2, -0.15) is 0 Å². The van der Waals surface area contributed by atoms with E-state index in [2.05, 4.69) is 26.9 Å². The Morgan fingerprint density at radius 3 is 2.56 bits per heavy atom. The molecule has 0 radical (unpaired) electrons. The molecule has 0 aromatic heterocycles. The van der Waals surface area contributed by atoms with Crippen molar-refractivity contribution in [2.45, 2.75) is 6.92 Å². The van der Waals surface area contributed by atoms with Crippen LogP contribution in [-0.4, -0.2) is 39.0 Å². The highest BCUT2D eigenvalue weighted by atomic mass is 16.5. The van der Waals surface area contributed by atoms with Gasteiger partial charge in [-0.25, -0.2) is 4.79 Å². The molecule has 0 saturated carbocycles. The van der Waals surface area contributed by atoms with Crippen LogP contribution < -0.4 is 15.4 Å². The second kappa shape index (κ2) is 9.78. The maximum absolute atomic E-state index is 12.2. The van der Waals surface area contributed by atoms with Crippen LogP contribution in [0.15, 0.2) is 71.9 Å². The van der Waals surface area contributed by atoms with Crippen LogP contribution >= 0.6 is 0 Å². The molecule has 0 fully saturated rings. The van der Waals surface area contributed by atoms with Crippen molar-refractivity contribution >= 4 is 34.5 Å². The Hall–Kier alpha value is -4.13. The average molecular weight is 431 g/mol. The minimum absolute atomic E-state index is 0.188. The maximum atomic E-state index is 12.2. The molecule has 0 unspecified atom stereocenters. The highest BCUT2D eigenvalue weighted by molar-refractivity contribution is 6.18. The van der Waals surface area contributed by atoms with Crippen molar-refractivity contribution in [1.29, 1.82) is 0 Å². The van der Waals surface area contributed by atoms with E-state index in [1.165, 1.54) is 14.0 Å². The van der Waals surface area contributed by atoms with Crippen LogP contribution in [0.3, 0.4) is 0 Å². The van der Waals surface area contributed by atoms with E-state index in [9.17, 15) is 9.59 Å². The van der Waals surface area contributed by atoms with Crippen LogP contribution in [0.4, 0.5) is 10.5 Å². The Morgan fingerprint density at radius 1 is 1.16 bits per heavy atom. The van der Waals surface area contributed by atoms with Crippen molar-refractivity contribution in [3.05, 3.63) is 83.6 Å². The molecule has 1 aliphatic heterocycles. The van der Waals surface area contributed by atoms with Crippen molar-refractivity contribution in [1.82, 2.24) is 5.32 Å². The monoisotopic (exact) mass is 431 g/mol. The number of hydrogen-bond acceptors (Lipinski definition) is 5. The highest BCUT2D eigenvalue weighted by Crippen LogP contribution is 2.35. The predicted molar refractivity (Wildman–Crippen MR) is 127 cm³/mol. The van der Waals surface area contributed by atoms with Gasteiger partial charge in [0.15, 0.2) is 5.78 Å². The second-order valence-electron chi connectivity index (χ2n) is 6.99. The van der Waals surface area contributed by atoms with Crippen molar-refractivity contribution in [3.8, 4) is 5.75 Å². The molecule has 7 heteroatoms. The number of anilines is 1. The summed E-state index contributed by atoms with van der Waals surface area (Å²) in [4.78, 5) is 28.1. The first-order valence-corrected chi connectivity index (χ1v) is 9.88. The van der Waals surface area contributed by atoms with Crippen LogP contribution in [0, 0.1) is 0 Å². The minimum Gasteiger partial charge on any atom is -0.496 e. The van der Waals surface area contributed by atoms with Crippen molar-refractivity contribution in [3.63, 3.8) is 0 Å². The van der Waals surface area contributed by atoms with E-state index in [1.807, 2.05) is 36.5 Å². The molecule has 0 bridgehead atoms. The lowest BCUT2D eigenvalue weighted by atomic mass is 9.94. The van der Waals surface area contributed by atoms with Gasteiger partial charge in [0.2, 0.25) is 0 Å². The normalized spacial score (nSPS) is 15.2. The van der Waals surface area contributed by atoms with Gasteiger partial charge >= 0.3 is 6.09 Å². The molecule has 0 aliphatic carbocycles. The molecule has 0 saturated heterocycles. The summed E-state index contributed by atoms with van der Waals surface area (Å²) < 4.78 is 10.1. The van der Waals surface area contributed by atoms with E-state index < -0.39 is 6.09 Å². The molecule has 3 rings (SSSR count). The van der Waals surface area contributed by atoms with Gasteiger partial charge in [-0.15, -0.1) is 0 Å². The lowest BCUT2D eigenvalue weighted by Gasteiger charge is -2.13. The molecule has 1 amide bonds. The molecule has 7 nitrogen and oxygen atoms in total. The third-order valence-electron chi connectivity index (χ3n) is 5.03. The van der Waals surface area contributed by atoms with Gasteiger partial charge in [0, 0.05) is 35.5 Å². The number of aliphatic imine (C=N–C) groups is 1. The Labute approximate surface area is 187 Å². The number of allylic oxidation sites excluding steroid dienone is 2. The summed E-state index contributed by atoms with van der Waals surface area (Å²) in [7, 11) is 4.60. The first kappa shape index (κ1) is 22.6. The number of rotatable bonds is 6. The number of Topliss-reactive ketones (excluding diaryl/α,β-unsaturated/α-hetero) is 1. The summed E-state index contributed by atoms with van der Waals surface area (Å²) in [5, 5.41) is 5.75. The molecule has 164 valence electrons. The van der Waals surface area contributed by atoms with Crippen molar-refractivity contribution in [2.24, 2.45) is 4.99 Å². The number of ether oxygens (including phenoxy) is 2. The number of nitrogens with zero attached hydrogens (tertiary/aromatic N) is 1. The number of amides is 1. The highest BCUT2D eigenvalue weighted by Gasteiger charge is 2.22. The SMILES string of the molecule is C=C(/C=C1/C(c2ccccc2OC)=CNC1=NC)c1ccc(NC(=O)OC)c(C(C)=O)c1. The number of methoxy groups -OCH3 is 2. The van der Waals surface area contributed by atoms with Gasteiger partial charge < -0.3 is 14.8 Å². The van der Waals surface area contributed by atoms with E-state index in [4.69, 9.17) is 4.74 Å². The molecule has 0 atom stereocenters. The lowest BCUT2D eigenvalue weighted by Crippen LogP contribution is -2.14. The first-order chi connectivity index (χ1) is 15.4. The first-order valence-electron chi connectivity index (χ1n) is 9.88. The largest absolute Gasteiger partial charge is 0.496 e. The summed E-state index contributed by atoms with van der Waals surface area (Å²) >= 11 is 0. The van der Waals surface area contributed by atoms with Crippen molar-refractivity contribution in [2.75, 3.05) is 26.6 Å². The topological polar surface area (TPSA) is 89.0 Å². The minimum atomic E-state index is -0.645. The fraction of sp³-hybridized carbons (Fsp3) is 0.160. The Kier molecular flexibility index (Phi) is 6.90. The van der Waals surface area contributed by atoms with E-state index in [0.717, 1.165) is 28.0 Å². The third-order valence-corrected chi connectivity index (χ3v) is 5.03. The van der Waals surface area contributed by atoms with Crippen LogP contribution in [0.2, 0.25) is 0 Å². The molecule has 2 aromatic carbocycles. The van der Waals surface area contributed by atoms with Crippen LogP contribution in [0.1, 0.15) is 28.4 Å². The maximum Gasteiger partial charge on any atom is 0.411 e. The quantitative estimate of drug-likeness (QED) is 0.648. The van der Waals surface area contributed by atoms with Crippen LogP contribution in [0.5, 0.6) is 5.75 Å². The van der Waals surface area contributed by atoms with Crippen molar-refractivity contribution < 1.29 is 19.1 Å². The lowest BCUT2D eigenvalue weighted by molar-refractivity contribution is 0.101. The third kappa shape index (κ3) is 4.62. The Balaban J connectivity index is 2.01. The standard InChI is InChI=1S/C25H25N3O4/c1-15(17-10-11-22(28-25(30)32-5)19(13-17)16(2)29)12-20-21(14-27-24(20)26-3)18-8-6-7-9-23(18)31-4/h6-14H,1H2,2-5H3,(H,26,27)(H,28,30)/b20-12-. The van der Waals surface area contributed by atoms with Crippen LogP contribution in [-0.2, 0) is 4.74 Å². The number of carbonyl (C=O) groups excluding carboxylic acids is 2. The van der Waals surface area contributed by atoms with Gasteiger partial charge in [-0.3, -0.25) is 15.1 Å². The molecular weight excluding hydrogens is 406 g/mol. The van der Waals surface area contributed by atoms with Gasteiger partial charge in [0.1, 0.15) is 11.6 Å². The molecular formula is C25H25N3O4. The second-order valence-corrected chi connectivity index (χ2v) is 6.99. The number of amidine groups is 1. The summed E-state index contributed by atoms with van der Waals surface area (Å²) in [6, 6.07) is 12.9. The number of carbonyl (C=O) groups is 2. The molecule has 0 spiro atoms. The number of ketones is 1. The zero-order chi connectivity index (χ0) is 23.3. The number of para-hydroxylation sites is 1. The number of benzene rings is 2. The fourth-order valence-corrected chi connectivity index (χ4v) is 3.41. The zero-order valence-corrected chi connectivity index (χ0v) is 18.5. The van der Waals surface area contributed by atoms with Crippen LogP contribution in [0.25, 0.3) is 11.1 Å². The molecule has 1 aliphatic rings. The summed E-state index contributed by atoms with van der Waals surface area (Å²) in [6.45, 7) is 5.63. The summed E-state index contributed by atoms with van der Waals surface area (Å²) in [5.41, 5.74) is 4.84. The number of hydrogen-bond donors (Lipinski definition) is 2. The fourth-order valence-electron chi connectivity index (χ4n) is 3.41. The molecule has 1 heterocycles. The summed E-state index contributed by atoms with van der Waals surface area (Å²) in [6.07, 6.45) is 3.14. The number of nitrogens with one attached hydrogen (secondary N) is 2. The van der Waals surface area contributed by atoms with Gasteiger partial charge in [0.25, 0.3) is 0 Å². The molecule has 2 N–H and O–H groups in total. The molecule has 32 heavy (non-hydrogen) atoms. The van der Waals surface area contributed by atoms with E-state index in [1.54, 1.807) is 32.4 Å². The van der Waals surface area contributed by atoms with E-state index in [-0.39, 0.29) is 5.78 Å². The average Bonchev–Trinajstić information content (AvgIpc) is 3.21. The van der Waals surface area contributed by atoms with Gasteiger partial charge in [-0.1, -0.05) is 30.8 Å². The Morgan fingerprint density at radius 2 is 1.91 bits per heavy atom. The van der Waals surface area contributed by atoms with E-state index >= 15 is 0 Å². The van der Waals surface area contributed by atoms with Gasteiger partial charge in [0.05, 0.1) is 19.9 Å². The smallest absolute Gasteiger partial charge is 0.411 e. The summed E-state index contributed by atoms with van der Waals surface area (Å²) in [5.74, 6) is 1.25. The van der Waals surface area contributed by atoms with Gasteiger partial charge in [-0.05, 0) is 42.3 Å². The molecule has 2 aromatic rings.